The van der Waals surface area contributed by atoms with Crippen LogP contribution in [0.3, 0.4) is 0 Å². The minimum atomic E-state index is -0.457. The third kappa shape index (κ3) is 3.70. The average molecular weight is 277 g/mol. The van der Waals surface area contributed by atoms with Crippen molar-refractivity contribution in [3.05, 3.63) is 29.6 Å². The van der Waals surface area contributed by atoms with Crippen LogP contribution in [-0.4, -0.2) is 41.2 Å². The first-order valence-corrected chi connectivity index (χ1v) is 6.99. The maximum Gasteiger partial charge on any atom is 0.410 e. The van der Waals surface area contributed by atoms with Crippen LogP contribution >= 0.6 is 0 Å². The van der Waals surface area contributed by atoms with Crippen molar-refractivity contribution in [3.8, 4) is 0 Å². The van der Waals surface area contributed by atoms with Crippen LogP contribution in [0.5, 0.6) is 0 Å². The van der Waals surface area contributed by atoms with Gasteiger partial charge in [0.1, 0.15) is 5.60 Å². The summed E-state index contributed by atoms with van der Waals surface area (Å²) in [4.78, 5) is 18.2. The molecule has 0 aliphatic carbocycles. The molecule has 2 rings (SSSR count). The van der Waals surface area contributed by atoms with Gasteiger partial charge in [-0.25, -0.2) is 4.79 Å². The highest BCUT2D eigenvalue weighted by atomic mass is 16.6. The fraction of sp³-hybridized carbons (Fsp3) is 0.600. The summed E-state index contributed by atoms with van der Waals surface area (Å²) in [6.07, 6.45) is 1.54. The lowest BCUT2D eigenvalue weighted by atomic mass is 10.0. The van der Waals surface area contributed by atoms with Gasteiger partial charge in [0.15, 0.2) is 0 Å². The lowest BCUT2D eigenvalue weighted by Gasteiger charge is -2.35. The molecule has 1 N–H and O–H groups in total. The molecule has 1 atom stereocenters. The summed E-state index contributed by atoms with van der Waals surface area (Å²) in [6, 6.07) is 4.10. The van der Waals surface area contributed by atoms with E-state index in [1.807, 2.05) is 33.8 Å². The Balaban J connectivity index is 2.06. The summed E-state index contributed by atoms with van der Waals surface area (Å²) >= 11 is 0. The Kier molecular flexibility index (Phi) is 4.28. The zero-order valence-electron chi connectivity index (χ0n) is 12.6. The molecule has 0 aromatic carbocycles. The first kappa shape index (κ1) is 14.8. The van der Waals surface area contributed by atoms with Crippen LogP contribution in [0.15, 0.2) is 18.3 Å². The molecule has 1 fully saturated rings. The van der Waals surface area contributed by atoms with Gasteiger partial charge >= 0.3 is 6.09 Å². The standard InChI is InChI=1S/C15H23N3O2/c1-11-12(6-5-7-16-11)13-10-18(9-8-17-13)14(19)20-15(2,3)4/h5-7,13,17H,8-10H2,1-4H3. The number of pyridine rings is 1. The van der Waals surface area contributed by atoms with Gasteiger partial charge in [-0.2, -0.15) is 0 Å². The van der Waals surface area contributed by atoms with Crippen LogP contribution in [0.2, 0.25) is 0 Å². The summed E-state index contributed by atoms with van der Waals surface area (Å²) in [5.41, 5.74) is 1.68. The largest absolute Gasteiger partial charge is 0.444 e. The van der Waals surface area contributed by atoms with Gasteiger partial charge in [-0.15, -0.1) is 0 Å². The maximum absolute atomic E-state index is 12.1. The minimum absolute atomic E-state index is 0.116. The molecule has 0 saturated carbocycles. The average Bonchev–Trinajstić information content (AvgIpc) is 2.37. The van der Waals surface area contributed by atoms with E-state index < -0.39 is 5.60 Å². The number of carbonyl (C=O) groups is 1. The number of carbonyl (C=O) groups excluding carboxylic acids is 1. The second-order valence-corrected chi connectivity index (χ2v) is 6.11. The number of nitrogens with one attached hydrogen (secondary N) is 1. The molecule has 1 amide bonds. The zero-order chi connectivity index (χ0) is 14.8. The van der Waals surface area contributed by atoms with Gasteiger partial charge in [0.25, 0.3) is 0 Å². The molecule has 20 heavy (non-hydrogen) atoms. The SMILES string of the molecule is Cc1ncccc1C1CN(C(=O)OC(C)(C)C)CCN1. The van der Waals surface area contributed by atoms with Crippen LogP contribution < -0.4 is 5.32 Å². The highest BCUT2D eigenvalue weighted by Crippen LogP contribution is 2.20. The van der Waals surface area contributed by atoms with Gasteiger partial charge in [0, 0.05) is 31.5 Å². The van der Waals surface area contributed by atoms with E-state index in [1.165, 1.54) is 0 Å². The Hall–Kier alpha value is -1.62. The summed E-state index contributed by atoms with van der Waals surface area (Å²) < 4.78 is 5.44. The van der Waals surface area contributed by atoms with Gasteiger partial charge in [0.05, 0.1) is 6.04 Å². The van der Waals surface area contributed by atoms with Gasteiger partial charge in [-0.3, -0.25) is 4.98 Å². The fourth-order valence-electron chi connectivity index (χ4n) is 2.32. The van der Waals surface area contributed by atoms with Gasteiger partial charge < -0.3 is 15.0 Å². The number of amides is 1. The van der Waals surface area contributed by atoms with Crippen LogP contribution in [0.25, 0.3) is 0 Å². The number of aromatic nitrogens is 1. The first-order chi connectivity index (χ1) is 9.37. The molecule has 1 unspecified atom stereocenters. The van der Waals surface area contributed by atoms with E-state index in [0.717, 1.165) is 17.8 Å². The molecular weight excluding hydrogens is 254 g/mol. The van der Waals surface area contributed by atoms with Crippen molar-refractivity contribution in [2.45, 2.75) is 39.3 Å². The van der Waals surface area contributed by atoms with Crippen LogP contribution in [0.4, 0.5) is 4.79 Å². The third-order valence-corrected chi connectivity index (χ3v) is 3.25. The van der Waals surface area contributed by atoms with Crippen LogP contribution in [0, 0.1) is 6.92 Å². The first-order valence-electron chi connectivity index (χ1n) is 6.99. The van der Waals surface area contributed by atoms with Gasteiger partial charge in [-0.1, -0.05) is 6.07 Å². The Bertz CT molecular complexity index is 482. The van der Waals surface area contributed by atoms with E-state index in [-0.39, 0.29) is 12.1 Å². The monoisotopic (exact) mass is 277 g/mol. The van der Waals surface area contributed by atoms with E-state index in [2.05, 4.69) is 16.4 Å². The summed E-state index contributed by atoms with van der Waals surface area (Å²) in [7, 11) is 0. The van der Waals surface area contributed by atoms with E-state index in [9.17, 15) is 4.79 Å². The van der Waals surface area contributed by atoms with Crippen LogP contribution in [-0.2, 0) is 4.74 Å². The number of hydrogen-bond acceptors (Lipinski definition) is 4. The molecule has 1 aliphatic rings. The normalized spacial score (nSPS) is 19.8. The van der Waals surface area contributed by atoms with E-state index in [0.29, 0.717) is 13.1 Å². The van der Waals surface area contributed by atoms with Crippen molar-refractivity contribution in [3.63, 3.8) is 0 Å². The van der Waals surface area contributed by atoms with Crippen molar-refractivity contribution in [2.24, 2.45) is 0 Å². The number of rotatable bonds is 1. The van der Waals surface area contributed by atoms with Gasteiger partial charge in [-0.05, 0) is 39.3 Å². The number of piperazine rings is 1. The number of nitrogens with zero attached hydrogens (tertiary/aromatic N) is 2. The summed E-state index contributed by atoms with van der Waals surface area (Å²) in [5.74, 6) is 0. The maximum atomic E-state index is 12.1. The Morgan fingerprint density at radius 3 is 2.90 bits per heavy atom. The second-order valence-electron chi connectivity index (χ2n) is 6.11. The molecule has 0 bridgehead atoms. The molecule has 5 heteroatoms. The topological polar surface area (TPSA) is 54.5 Å². The molecule has 1 saturated heterocycles. The molecule has 5 nitrogen and oxygen atoms in total. The Morgan fingerprint density at radius 1 is 1.50 bits per heavy atom. The molecule has 1 aliphatic heterocycles. The van der Waals surface area contributed by atoms with Crippen molar-refractivity contribution in [2.75, 3.05) is 19.6 Å². The highest BCUT2D eigenvalue weighted by molar-refractivity contribution is 5.68. The van der Waals surface area contributed by atoms with Crippen LogP contribution in [0.1, 0.15) is 38.1 Å². The molecule has 0 spiro atoms. The molecule has 2 heterocycles. The molecule has 0 radical (unpaired) electrons. The fourth-order valence-corrected chi connectivity index (χ4v) is 2.32. The molecule has 1 aromatic rings. The van der Waals surface area contributed by atoms with Gasteiger partial charge in [0.2, 0.25) is 0 Å². The zero-order valence-corrected chi connectivity index (χ0v) is 12.6. The highest BCUT2D eigenvalue weighted by Gasteiger charge is 2.28. The quantitative estimate of drug-likeness (QED) is 0.855. The third-order valence-electron chi connectivity index (χ3n) is 3.25. The van der Waals surface area contributed by atoms with Crippen molar-refractivity contribution in [1.29, 1.82) is 0 Å². The summed E-state index contributed by atoms with van der Waals surface area (Å²) in [6.45, 7) is 9.69. The number of aryl methyl sites for hydroxylation is 1. The lowest BCUT2D eigenvalue weighted by Crippen LogP contribution is -2.49. The lowest BCUT2D eigenvalue weighted by molar-refractivity contribution is 0.0194. The van der Waals surface area contributed by atoms with E-state index >= 15 is 0 Å². The predicted molar refractivity (Wildman–Crippen MR) is 77.5 cm³/mol. The molecule has 110 valence electrons. The predicted octanol–water partition coefficient (Wildman–Crippen LogP) is 2.27. The number of ether oxygens (including phenoxy) is 1. The smallest absolute Gasteiger partial charge is 0.410 e. The molecule has 1 aromatic heterocycles. The Labute approximate surface area is 120 Å². The second kappa shape index (κ2) is 5.79. The van der Waals surface area contributed by atoms with Crippen molar-refractivity contribution < 1.29 is 9.53 Å². The van der Waals surface area contributed by atoms with Crippen molar-refractivity contribution >= 4 is 6.09 Å². The Morgan fingerprint density at radius 2 is 2.25 bits per heavy atom. The van der Waals surface area contributed by atoms with Crippen molar-refractivity contribution in [1.82, 2.24) is 15.2 Å². The summed E-state index contributed by atoms with van der Waals surface area (Å²) in [5, 5.41) is 3.43. The minimum Gasteiger partial charge on any atom is -0.444 e. The van der Waals surface area contributed by atoms with E-state index in [4.69, 9.17) is 4.74 Å². The molecular formula is C15H23N3O2. The number of hydrogen-bond donors (Lipinski definition) is 1. The van der Waals surface area contributed by atoms with E-state index in [1.54, 1.807) is 11.1 Å².